The van der Waals surface area contributed by atoms with Crippen molar-refractivity contribution < 1.29 is 4.52 Å². The molecule has 0 radical (unpaired) electrons. The van der Waals surface area contributed by atoms with Crippen molar-refractivity contribution in [2.45, 2.75) is 38.6 Å². The number of hydrogen-bond donors (Lipinski definition) is 2. The van der Waals surface area contributed by atoms with Crippen molar-refractivity contribution in [3.05, 3.63) is 46.3 Å². The van der Waals surface area contributed by atoms with Gasteiger partial charge in [-0.2, -0.15) is 0 Å². The molecule has 1 heterocycles. The maximum atomic E-state index is 5.19. The van der Waals surface area contributed by atoms with Crippen LogP contribution in [0.1, 0.15) is 28.1 Å². The Hall–Kier alpha value is -1.22. The molecule has 5 nitrogen and oxygen atoms in total. The number of nitrogens with zero attached hydrogens (tertiary/aromatic N) is 2. The number of thioether (sulfide) groups is 1. The van der Waals surface area contributed by atoms with Crippen LogP contribution in [0.25, 0.3) is 0 Å². The molecule has 0 amide bonds. The molecule has 138 valence electrons. The van der Waals surface area contributed by atoms with E-state index in [0.29, 0.717) is 0 Å². The number of aromatic nitrogens is 1. The second-order valence-electron chi connectivity index (χ2n) is 5.72. The van der Waals surface area contributed by atoms with Crippen molar-refractivity contribution in [2.24, 2.45) is 4.99 Å². The van der Waals surface area contributed by atoms with Crippen LogP contribution in [-0.2, 0) is 13.0 Å². The molecule has 0 atom stereocenters. The minimum Gasteiger partial charge on any atom is -0.361 e. The van der Waals surface area contributed by atoms with E-state index in [9.17, 15) is 0 Å². The van der Waals surface area contributed by atoms with Crippen LogP contribution in [0, 0.1) is 20.8 Å². The maximum absolute atomic E-state index is 5.19. The monoisotopic (exact) mass is 474 g/mol. The summed E-state index contributed by atoms with van der Waals surface area (Å²) >= 11 is 1.77. The third kappa shape index (κ3) is 6.22. The van der Waals surface area contributed by atoms with E-state index in [4.69, 9.17) is 4.52 Å². The Morgan fingerprint density at radius 1 is 1.24 bits per heavy atom. The Kier molecular flexibility index (Phi) is 9.34. The summed E-state index contributed by atoms with van der Waals surface area (Å²) < 4.78 is 5.19. The van der Waals surface area contributed by atoms with Gasteiger partial charge in [-0.1, -0.05) is 17.3 Å². The molecule has 1 aromatic carbocycles. The van der Waals surface area contributed by atoms with Crippen molar-refractivity contribution in [3.63, 3.8) is 0 Å². The number of rotatable bonds is 6. The minimum atomic E-state index is 0. The lowest BCUT2D eigenvalue weighted by molar-refractivity contribution is 0.392. The summed E-state index contributed by atoms with van der Waals surface area (Å²) in [7, 11) is 1.79. The van der Waals surface area contributed by atoms with E-state index >= 15 is 0 Å². The zero-order valence-corrected chi connectivity index (χ0v) is 18.6. The van der Waals surface area contributed by atoms with Gasteiger partial charge in [-0.05, 0) is 50.6 Å². The second kappa shape index (κ2) is 10.7. The molecule has 1 aromatic heterocycles. The third-order valence-corrected chi connectivity index (χ3v) is 4.78. The molecule has 0 fully saturated rings. The van der Waals surface area contributed by atoms with Gasteiger partial charge in [0.2, 0.25) is 0 Å². The van der Waals surface area contributed by atoms with Gasteiger partial charge in [0.15, 0.2) is 5.96 Å². The molecule has 0 aliphatic carbocycles. The number of halogens is 1. The Balaban J connectivity index is 0.00000312. The first-order valence-electron chi connectivity index (χ1n) is 8.05. The Bertz CT molecular complexity index is 696. The van der Waals surface area contributed by atoms with Crippen molar-refractivity contribution >= 4 is 41.7 Å². The van der Waals surface area contributed by atoms with E-state index in [2.05, 4.69) is 52.2 Å². The van der Waals surface area contributed by atoms with Gasteiger partial charge in [-0.25, -0.2) is 0 Å². The van der Waals surface area contributed by atoms with Crippen molar-refractivity contribution in [2.75, 3.05) is 19.8 Å². The Labute approximate surface area is 171 Å². The molecule has 0 unspecified atom stereocenters. The highest BCUT2D eigenvalue weighted by Gasteiger charge is 2.09. The SMILES string of the molecule is CN=C(NCCc1c(C)noc1C)NCc1ccc(C)cc1SC.I. The summed E-state index contributed by atoms with van der Waals surface area (Å²) in [5.74, 6) is 1.69. The van der Waals surface area contributed by atoms with Crippen LogP contribution in [0.4, 0.5) is 0 Å². The van der Waals surface area contributed by atoms with Gasteiger partial charge in [0.05, 0.1) is 5.69 Å². The highest BCUT2D eigenvalue weighted by Crippen LogP contribution is 2.21. The van der Waals surface area contributed by atoms with E-state index in [1.54, 1.807) is 18.8 Å². The van der Waals surface area contributed by atoms with Crippen LogP contribution in [-0.4, -0.2) is 31.0 Å². The third-order valence-electron chi connectivity index (χ3n) is 3.96. The fraction of sp³-hybridized carbons (Fsp3) is 0.444. The predicted octanol–water partition coefficient (Wildman–Crippen LogP) is 3.85. The first kappa shape index (κ1) is 21.8. The lowest BCUT2D eigenvalue weighted by Crippen LogP contribution is -2.38. The Morgan fingerprint density at radius 2 is 2.00 bits per heavy atom. The summed E-state index contributed by atoms with van der Waals surface area (Å²) in [6.07, 6.45) is 2.97. The molecule has 2 N–H and O–H groups in total. The molecule has 2 aromatic rings. The number of aliphatic imine (C=N–C) groups is 1. The van der Waals surface area contributed by atoms with Crippen LogP contribution in [0.5, 0.6) is 0 Å². The van der Waals surface area contributed by atoms with Crippen molar-refractivity contribution in [1.29, 1.82) is 0 Å². The quantitative estimate of drug-likeness (QED) is 0.288. The molecule has 0 saturated heterocycles. The molecular weight excluding hydrogens is 447 g/mol. The average molecular weight is 474 g/mol. The van der Waals surface area contributed by atoms with Gasteiger partial charge in [-0.3, -0.25) is 4.99 Å². The topological polar surface area (TPSA) is 62.5 Å². The standard InChI is InChI=1S/C18H26N4OS.HI/c1-12-6-7-15(17(10-12)24-5)11-21-18(19-4)20-9-8-16-13(2)22-23-14(16)3;/h6-7,10H,8-9,11H2,1-5H3,(H2,19,20,21);1H. The van der Waals surface area contributed by atoms with Crippen LogP contribution >= 0.6 is 35.7 Å². The van der Waals surface area contributed by atoms with Gasteiger partial charge in [-0.15, -0.1) is 35.7 Å². The van der Waals surface area contributed by atoms with Gasteiger partial charge < -0.3 is 15.2 Å². The highest BCUT2D eigenvalue weighted by atomic mass is 127. The lowest BCUT2D eigenvalue weighted by atomic mass is 10.1. The zero-order chi connectivity index (χ0) is 17.5. The molecule has 0 aliphatic heterocycles. The van der Waals surface area contributed by atoms with E-state index in [0.717, 1.165) is 36.9 Å². The summed E-state index contributed by atoms with van der Waals surface area (Å²) in [4.78, 5) is 5.59. The predicted molar refractivity (Wildman–Crippen MR) is 116 cm³/mol. The molecule has 0 spiro atoms. The highest BCUT2D eigenvalue weighted by molar-refractivity contribution is 14.0. The number of guanidine groups is 1. The molecule has 2 rings (SSSR count). The fourth-order valence-electron chi connectivity index (χ4n) is 2.56. The van der Waals surface area contributed by atoms with Gasteiger partial charge in [0.1, 0.15) is 5.76 Å². The van der Waals surface area contributed by atoms with E-state index in [-0.39, 0.29) is 24.0 Å². The summed E-state index contributed by atoms with van der Waals surface area (Å²) in [5, 5.41) is 10.7. The van der Waals surface area contributed by atoms with Crippen LogP contribution < -0.4 is 10.6 Å². The van der Waals surface area contributed by atoms with Gasteiger partial charge in [0, 0.05) is 30.6 Å². The number of aryl methyl sites for hydroxylation is 3. The lowest BCUT2D eigenvalue weighted by Gasteiger charge is -2.14. The normalized spacial score (nSPS) is 11.2. The van der Waals surface area contributed by atoms with Crippen molar-refractivity contribution in [3.8, 4) is 0 Å². The second-order valence-corrected chi connectivity index (χ2v) is 6.57. The maximum Gasteiger partial charge on any atom is 0.191 e. The molecular formula is C18H27IN4OS. The molecule has 25 heavy (non-hydrogen) atoms. The van der Waals surface area contributed by atoms with E-state index in [1.807, 2.05) is 13.8 Å². The minimum absolute atomic E-state index is 0. The van der Waals surface area contributed by atoms with Crippen LogP contribution in [0.2, 0.25) is 0 Å². The number of hydrogen-bond acceptors (Lipinski definition) is 4. The van der Waals surface area contributed by atoms with Gasteiger partial charge >= 0.3 is 0 Å². The Morgan fingerprint density at radius 3 is 2.60 bits per heavy atom. The molecule has 7 heteroatoms. The number of benzene rings is 1. The van der Waals surface area contributed by atoms with Crippen LogP contribution in [0.15, 0.2) is 32.6 Å². The first-order valence-corrected chi connectivity index (χ1v) is 9.27. The number of nitrogens with one attached hydrogen (secondary N) is 2. The summed E-state index contributed by atoms with van der Waals surface area (Å²) in [6.45, 7) is 7.57. The van der Waals surface area contributed by atoms with Gasteiger partial charge in [0.25, 0.3) is 0 Å². The summed E-state index contributed by atoms with van der Waals surface area (Å²) in [5.41, 5.74) is 4.69. The first-order chi connectivity index (χ1) is 11.5. The fourth-order valence-corrected chi connectivity index (χ4v) is 3.27. The van der Waals surface area contributed by atoms with E-state index in [1.165, 1.54) is 21.6 Å². The zero-order valence-electron chi connectivity index (χ0n) is 15.5. The average Bonchev–Trinajstić information content (AvgIpc) is 2.90. The summed E-state index contributed by atoms with van der Waals surface area (Å²) in [6, 6.07) is 6.53. The van der Waals surface area contributed by atoms with E-state index < -0.39 is 0 Å². The molecule has 0 aliphatic rings. The van der Waals surface area contributed by atoms with Crippen molar-refractivity contribution in [1.82, 2.24) is 15.8 Å². The smallest absolute Gasteiger partial charge is 0.191 e. The molecule has 0 saturated carbocycles. The van der Waals surface area contributed by atoms with Crippen LogP contribution in [0.3, 0.4) is 0 Å². The molecule has 0 bridgehead atoms. The largest absolute Gasteiger partial charge is 0.361 e.